The molecule has 0 unspecified atom stereocenters. The van der Waals surface area contributed by atoms with Gasteiger partial charge in [0, 0.05) is 5.69 Å². The third kappa shape index (κ3) is 6.26. The highest BCUT2D eigenvalue weighted by atomic mass is 19.1. The first-order valence-electron chi connectivity index (χ1n) is 11.3. The molecule has 3 aromatic carbocycles. The molecule has 1 amide bonds. The van der Waals surface area contributed by atoms with Crippen molar-refractivity contribution in [3.05, 3.63) is 100 Å². The molecular formula is C27H22FN5O5. The number of fused-ring (bicyclic) bond motifs is 1. The van der Waals surface area contributed by atoms with Crippen LogP contribution in [-0.4, -0.2) is 40.0 Å². The SMILES string of the molecule is C=Cc1cccc(COC(=O)c2cccc(N/N=C(\C(=O)CF)C(=O)Nc3ccc4[nH]c(=O)[nH]c4c3)c2)c1. The van der Waals surface area contributed by atoms with Gasteiger partial charge in [0.1, 0.15) is 6.61 Å². The maximum atomic E-state index is 13.2. The molecule has 4 rings (SSSR count). The van der Waals surface area contributed by atoms with E-state index in [-0.39, 0.29) is 23.5 Å². The summed E-state index contributed by atoms with van der Waals surface area (Å²) in [6, 6.07) is 17.9. The smallest absolute Gasteiger partial charge is 0.338 e. The number of ketones is 1. The summed E-state index contributed by atoms with van der Waals surface area (Å²) in [5.41, 5.74) is 4.71. The molecule has 0 bridgehead atoms. The van der Waals surface area contributed by atoms with Gasteiger partial charge in [0.05, 0.1) is 22.3 Å². The Kier molecular flexibility index (Phi) is 7.87. The normalized spacial score (nSPS) is 11.1. The van der Waals surface area contributed by atoms with Crippen LogP contribution in [0, 0.1) is 0 Å². The summed E-state index contributed by atoms with van der Waals surface area (Å²) in [6.07, 6.45) is 1.69. The van der Waals surface area contributed by atoms with Crippen LogP contribution in [0.5, 0.6) is 0 Å². The maximum Gasteiger partial charge on any atom is 0.338 e. The molecule has 0 aliphatic carbocycles. The molecule has 4 aromatic rings. The Labute approximate surface area is 215 Å². The standard InChI is InChI=1S/C27H22FN5O5/c1-2-16-5-3-6-17(11-16)15-38-26(36)18-7-4-8-20(12-18)32-33-24(23(34)14-28)25(35)29-19-9-10-21-22(13-19)31-27(37)30-21/h2-13,32H,1,14-15H2,(H,29,35)(H2,30,31,37)/b33-24+. The van der Waals surface area contributed by atoms with Crippen LogP contribution in [0.1, 0.15) is 21.5 Å². The first-order chi connectivity index (χ1) is 18.4. The van der Waals surface area contributed by atoms with Crippen LogP contribution in [0.15, 0.2) is 83.2 Å². The Morgan fingerprint density at radius 3 is 2.55 bits per heavy atom. The number of alkyl halides is 1. The number of carbonyl (C=O) groups excluding carboxylic acids is 3. The van der Waals surface area contributed by atoms with Crippen LogP contribution < -0.4 is 16.4 Å². The van der Waals surface area contributed by atoms with Crippen molar-refractivity contribution in [1.82, 2.24) is 9.97 Å². The Morgan fingerprint density at radius 2 is 1.76 bits per heavy atom. The Balaban J connectivity index is 1.45. The summed E-state index contributed by atoms with van der Waals surface area (Å²) in [4.78, 5) is 53.8. The highest BCUT2D eigenvalue weighted by molar-refractivity contribution is 6.68. The Bertz CT molecular complexity index is 1620. The lowest BCUT2D eigenvalue weighted by Gasteiger charge is -2.09. The zero-order valence-corrected chi connectivity index (χ0v) is 19.9. The highest BCUT2D eigenvalue weighted by Gasteiger charge is 2.21. The number of halogens is 1. The van der Waals surface area contributed by atoms with Crippen molar-refractivity contribution >= 4 is 51.9 Å². The van der Waals surface area contributed by atoms with Crippen LogP contribution in [0.3, 0.4) is 0 Å². The average Bonchev–Trinajstić information content (AvgIpc) is 3.31. The minimum atomic E-state index is -1.45. The summed E-state index contributed by atoms with van der Waals surface area (Å²) in [7, 11) is 0. The molecular weight excluding hydrogens is 493 g/mol. The van der Waals surface area contributed by atoms with Crippen LogP contribution in [0.25, 0.3) is 17.1 Å². The van der Waals surface area contributed by atoms with Gasteiger partial charge in [-0.1, -0.05) is 36.9 Å². The number of anilines is 2. The Hall–Kier alpha value is -5.32. The molecule has 10 nitrogen and oxygen atoms in total. The van der Waals surface area contributed by atoms with E-state index in [0.29, 0.717) is 11.0 Å². The molecule has 4 N–H and O–H groups in total. The molecule has 0 saturated heterocycles. The number of esters is 1. The lowest BCUT2D eigenvalue weighted by molar-refractivity contribution is -0.116. The molecule has 192 valence electrons. The van der Waals surface area contributed by atoms with Gasteiger partial charge >= 0.3 is 11.7 Å². The minimum Gasteiger partial charge on any atom is -0.457 e. The molecule has 0 radical (unpaired) electrons. The number of Topliss-reactive ketones (excluding diaryl/α,β-unsaturated/α-hetero) is 1. The summed E-state index contributed by atoms with van der Waals surface area (Å²) >= 11 is 0. The zero-order chi connectivity index (χ0) is 27.1. The lowest BCUT2D eigenvalue weighted by Crippen LogP contribution is -2.32. The van der Waals surface area contributed by atoms with E-state index in [2.05, 4.69) is 32.4 Å². The molecule has 0 fully saturated rings. The van der Waals surface area contributed by atoms with Gasteiger partial charge in [0.15, 0.2) is 12.4 Å². The number of carbonyl (C=O) groups is 3. The topological polar surface area (TPSA) is 146 Å². The summed E-state index contributed by atoms with van der Waals surface area (Å²) < 4.78 is 18.5. The van der Waals surface area contributed by atoms with E-state index in [9.17, 15) is 23.6 Å². The van der Waals surface area contributed by atoms with Crippen LogP contribution >= 0.6 is 0 Å². The summed E-state index contributed by atoms with van der Waals surface area (Å²) in [5.74, 6) is -2.71. The van der Waals surface area contributed by atoms with E-state index in [0.717, 1.165) is 11.1 Å². The molecule has 0 spiro atoms. The number of nitrogens with zero attached hydrogens (tertiary/aromatic N) is 1. The van der Waals surface area contributed by atoms with E-state index >= 15 is 0 Å². The number of hydrogen-bond acceptors (Lipinski definition) is 7. The third-order valence-corrected chi connectivity index (χ3v) is 5.33. The van der Waals surface area contributed by atoms with E-state index in [4.69, 9.17) is 4.74 Å². The lowest BCUT2D eigenvalue weighted by atomic mass is 10.1. The number of H-pyrrole nitrogens is 2. The number of hydrazone groups is 1. The zero-order valence-electron chi connectivity index (χ0n) is 19.9. The van der Waals surface area contributed by atoms with E-state index in [1.807, 2.05) is 24.3 Å². The first kappa shape index (κ1) is 25.8. The number of nitrogens with one attached hydrogen (secondary N) is 4. The molecule has 0 atom stereocenters. The highest BCUT2D eigenvalue weighted by Crippen LogP contribution is 2.16. The predicted octanol–water partition coefficient (Wildman–Crippen LogP) is 3.80. The number of ether oxygens (including phenoxy) is 1. The molecule has 1 aromatic heterocycles. The number of hydrogen-bond donors (Lipinski definition) is 4. The second kappa shape index (κ2) is 11.6. The number of imidazole rings is 1. The van der Waals surface area contributed by atoms with Crippen molar-refractivity contribution in [1.29, 1.82) is 0 Å². The largest absolute Gasteiger partial charge is 0.457 e. The van der Waals surface area contributed by atoms with Crippen molar-refractivity contribution in [3.63, 3.8) is 0 Å². The molecule has 0 aliphatic heterocycles. The van der Waals surface area contributed by atoms with Crippen LogP contribution in [0.2, 0.25) is 0 Å². The van der Waals surface area contributed by atoms with Crippen molar-refractivity contribution in [2.45, 2.75) is 6.61 Å². The fraction of sp³-hybridized carbons (Fsp3) is 0.0741. The van der Waals surface area contributed by atoms with Gasteiger partial charge in [-0.2, -0.15) is 5.10 Å². The van der Waals surface area contributed by atoms with E-state index < -0.39 is 35.7 Å². The van der Waals surface area contributed by atoms with Crippen molar-refractivity contribution in [2.75, 3.05) is 17.4 Å². The van der Waals surface area contributed by atoms with Gasteiger partial charge in [-0.05, 0) is 53.6 Å². The van der Waals surface area contributed by atoms with Gasteiger partial charge in [-0.25, -0.2) is 14.0 Å². The van der Waals surface area contributed by atoms with Crippen molar-refractivity contribution < 1.29 is 23.5 Å². The number of aromatic nitrogens is 2. The minimum absolute atomic E-state index is 0.0497. The summed E-state index contributed by atoms with van der Waals surface area (Å²) in [5, 5.41) is 6.23. The van der Waals surface area contributed by atoms with Gasteiger partial charge in [-0.3, -0.25) is 15.0 Å². The molecule has 38 heavy (non-hydrogen) atoms. The first-order valence-corrected chi connectivity index (χ1v) is 11.3. The predicted molar refractivity (Wildman–Crippen MR) is 142 cm³/mol. The maximum absolute atomic E-state index is 13.2. The third-order valence-electron chi connectivity index (χ3n) is 5.33. The number of amides is 1. The molecule has 1 heterocycles. The van der Waals surface area contributed by atoms with Crippen LogP contribution in [0.4, 0.5) is 15.8 Å². The van der Waals surface area contributed by atoms with Crippen molar-refractivity contribution in [3.8, 4) is 0 Å². The monoisotopic (exact) mass is 515 g/mol. The number of rotatable bonds is 10. The second-order valence-electron chi connectivity index (χ2n) is 8.03. The molecule has 0 saturated carbocycles. The van der Waals surface area contributed by atoms with Gasteiger partial charge in [-0.15, -0.1) is 0 Å². The summed E-state index contributed by atoms with van der Waals surface area (Å²) in [6.45, 7) is 2.31. The van der Waals surface area contributed by atoms with Crippen molar-refractivity contribution in [2.24, 2.45) is 5.10 Å². The number of aromatic amines is 2. The molecule has 11 heteroatoms. The molecule has 0 aliphatic rings. The fourth-order valence-electron chi connectivity index (χ4n) is 3.48. The van der Waals surface area contributed by atoms with Gasteiger partial charge in [0.25, 0.3) is 5.91 Å². The van der Waals surface area contributed by atoms with Crippen LogP contribution in [-0.2, 0) is 20.9 Å². The quantitative estimate of drug-likeness (QED) is 0.109. The van der Waals surface area contributed by atoms with Gasteiger partial charge < -0.3 is 20.0 Å². The second-order valence-corrected chi connectivity index (χ2v) is 8.03. The fourth-order valence-corrected chi connectivity index (χ4v) is 3.48. The van der Waals surface area contributed by atoms with E-state index in [1.165, 1.54) is 24.3 Å². The van der Waals surface area contributed by atoms with E-state index in [1.54, 1.807) is 24.3 Å². The average molecular weight is 516 g/mol. The number of benzene rings is 3. The van der Waals surface area contributed by atoms with Gasteiger partial charge in [0.2, 0.25) is 5.78 Å². The Morgan fingerprint density at radius 1 is 0.974 bits per heavy atom.